The van der Waals surface area contributed by atoms with E-state index < -0.39 is 4.92 Å². The molecule has 0 fully saturated rings. The second kappa shape index (κ2) is 5.58. The lowest BCUT2D eigenvalue weighted by atomic mass is 9.99. The van der Waals surface area contributed by atoms with Gasteiger partial charge in [-0.2, -0.15) is 0 Å². The first-order valence-corrected chi connectivity index (χ1v) is 7.64. The van der Waals surface area contributed by atoms with Gasteiger partial charge in [-0.3, -0.25) is 15.1 Å². The molecule has 3 aromatic rings. The van der Waals surface area contributed by atoms with Gasteiger partial charge in [0.2, 0.25) is 0 Å². The minimum absolute atomic E-state index is 0.0112. The Hall–Kier alpha value is -2.99. The van der Waals surface area contributed by atoms with Gasteiger partial charge in [0.25, 0.3) is 5.69 Å². The quantitative estimate of drug-likeness (QED) is 0.527. The van der Waals surface area contributed by atoms with Gasteiger partial charge in [0.1, 0.15) is 5.82 Å². The molecule has 0 amide bonds. The monoisotopic (exact) mass is 338 g/mol. The van der Waals surface area contributed by atoms with Crippen molar-refractivity contribution in [2.75, 3.05) is 0 Å². The number of nitro groups is 1. The highest BCUT2D eigenvalue weighted by Gasteiger charge is 2.22. The third kappa shape index (κ3) is 2.28. The Morgan fingerprint density at radius 2 is 2.00 bits per heavy atom. The summed E-state index contributed by atoms with van der Waals surface area (Å²) in [7, 11) is 0. The largest absolute Gasteiger partial charge is 0.302 e. The molecule has 0 bridgehead atoms. The van der Waals surface area contributed by atoms with E-state index in [4.69, 9.17) is 11.6 Å². The molecule has 7 heteroatoms. The number of aliphatic imine (C=N–C) groups is 1. The van der Waals surface area contributed by atoms with Gasteiger partial charge in [-0.05, 0) is 12.1 Å². The van der Waals surface area contributed by atoms with E-state index >= 15 is 0 Å². The summed E-state index contributed by atoms with van der Waals surface area (Å²) in [6.07, 6.45) is 3.52. The van der Waals surface area contributed by atoms with Crippen LogP contribution in [0.25, 0.3) is 5.69 Å². The number of aromatic nitrogens is 2. The predicted octanol–water partition coefficient (Wildman–Crippen LogP) is 3.78. The van der Waals surface area contributed by atoms with Crippen LogP contribution < -0.4 is 0 Å². The minimum atomic E-state index is -0.412. The third-order valence-corrected chi connectivity index (χ3v) is 4.26. The summed E-state index contributed by atoms with van der Waals surface area (Å²) in [5.41, 5.74) is 2.84. The van der Waals surface area contributed by atoms with Crippen LogP contribution in [0.1, 0.15) is 17.0 Å². The van der Waals surface area contributed by atoms with Crippen LogP contribution in [0.15, 0.2) is 59.9 Å². The van der Waals surface area contributed by atoms with Crippen molar-refractivity contribution in [1.29, 1.82) is 0 Å². The van der Waals surface area contributed by atoms with Gasteiger partial charge < -0.3 is 4.57 Å². The smallest absolute Gasteiger partial charge is 0.270 e. The van der Waals surface area contributed by atoms with Crippen LogP contribution in [0, 0.1) is 10.1 Å². The molecule has 0 N–H and O–H groups in total. The van der Waals surface area contributed by atoms with Gasteiger partial charge in [-0.25, -0.2) is 4.98 Å². The fourth-order valence-electron chi connectivity index (χ4n) is 2.83. The maximum atomic E-state index is 11.2. The highest BCUT2D eigenvalue weighted by atomic mass is 35.5. The van der Waals surface area contributed by atoms with Crippen molar-refractivity contribution < 1.29 is 4.92 Å². The number of non-ortho nitro benzene ring substituents is 1. The molecule has 0 spiro atoms. The molecule has 0 atom stereocenters. The Kier molecular flexibility index (Phi) is 3.39. The zero-order chi connectivity index (χ0) is 16.7. The van der Waals surface area contributed by atoms with Crippen LogP contribution in [0.5, 0.6) is 0 Å². The predicted molar refractivity (Wildman–Crippen MR) is 91.0 cm³/mol. The molecule has 24 heavy (non-hydrogen) atoms. The summed E-state index contributed by atoms with van der Waals surface area (Å²) < 4.78 is 1.90. The first-order valence-electron chi connectivity index (χ1n) is 7.26. The van der Waals surface area contributed by atoms with Crippen LogP contribution in [0.4, 0.5) is 5.69 Å². The van der Waals surface area contributed by atoms with Crippen molar-refractivity contribution in [1.82, 2.24) is 9.55 Å². The Labute approximate surface area is 142 Å². The van der Waals surface area contributed by atoms with E-state index in [2.05, 4.69) is 9.98 Å². The molecule has 0 saturated carbocycles. The highest BCUT2D eigenvalue weighted by Crippen LogP contribution is 2.30. The second-order valence-corrected chi connectivity index (χ2v) is 5.72. The molecule has 1 aliphatic rings. The number of nitrogens with zero attached hydrogens (tertiary/aromatic N) is 4. The van der Waals surface area contributed by atoms with Crippen LogP contribution in [0.3, 0.4) is 0 Å². The van der Waals surface area contributed by atoms with Crippen molar-refractivity contribution in [3.63, 3.8) is 0 Å². The average Bonchev–Trinajstić information content (AvgIpc) is 2.99. The molecule has 2 aromatic carbocycles. The van der Waals surface area contributed by atoms with E-state index in [-0.39, 0.29) is 5.69 Å². The maximum absolute atomic E-state index is 11.2. The second-order valence-electron chi connectivity index (χ2n) is 5.32. The summed E-state index contributed by atoms with van der Waals surface area (Å²) in [5, 5.41) is 11.7. The van der Waals surface area contributed by atoms with E-state index in [0.29, 0.717) is 22.8 Å². The van der Waals surface area contributed by atoms with Crippen LogP contribution in [-0.4, -0.2) is 20.2 Å². The Morgan fingerprint density at radius 1 is 1.17 bits per heavy atom. The molecular formula is C17H11ClN4O2. The molecule has 1 aromatic heterocycles. The third-order valence-electron chi connectivity index (χ3n) is 3.93. The molecular weight excluding hydrogens is 328 g/mol. The van der Waals surface area contributed by atoms with Crippen molar-refractivity contribution in [2.24, 2.45) is 4.99 Å². The molecule has 6 nitrogen and oxygen atoms in total. The van der Waals surface area contributed by atoms with Crippen LogP contribution >= 0.6 is 11.6 Å². The fourth-order valence-corrected chi connectivity index (χ4v) is 3.05. The van der Waals surface area contributed by atoms with Gasteiger partial charge >= 0.3 is 0 Å². The molecule has 0 radical (unpaired) electrons. The van der Waals surface area contributed by atoms with Gasteiger partial charge in [-0.15, -0.1) is 0 Å². The summed E-state index contributed by atoms with van der Waals surface area (Å²) >= 11 is 6.33. The Morgan fingerprint density at radius 3 is 2.79 bits per heavy atom. The Bertz CT molecular complexity index is 994. The standard InChI is InChI=1S/C17H11ClN4O2/c18-14-4-2-1-3-12(14)17-13-9-11(22(23)24)5-6-15(13)21-8-7-19-16(21)10-20-17/h1-9H,10H2. The van der Waals surface area contributed by atoms with Gasteiger partial charge in [0, 0.05) is 40.7 Å². The zero-order valence-corrected chi connectivity index (χ0v) is 13.1. The van der Waals surface area contributed by atoms with E-state index in [1.807, 2.05) is 29.0 Å². The lowest BCUT2D eigenvalue weighted by Crippen LogP contribution is -2.08. The SMILES string of the molecule is O=[N+]([O-])c1ccc2c(c1)C(c1ccccc1Cl)=NCc1nccn1-2. The van der Waals surface area contributed by atoms with E-state index in [1.54, 1.807) is 18.3 Å². The molecule has 0 saturated heterocycles. The first-order chi connectivity index (χ1) is 11.6. The number of hydrogen-bond acceptors (Lipinski definition) is 4. The first kappa shape index (κ1) is 14.6. The summed E-state index contributed by atoms with van der Waals surface area (Å²) in [4.78, 5) is 19.7. The van der Waals surface area contributed by atoms with Gasteiger partial charge in [0.05, 0.1) is 22.9 Å². The molecule has 1 aliphatic heterocycles. The zero-order valence-electron chi connectivity index (χ0n) is 12.4. The summed E-state index contributed by atoms with van der Waals surface area (Å²) in [6, 6.07) is 12.1. The lowest BCUT2D eigenvalue weighted by molar-refractivity contribution is -0.384. The fraction of sp³-hybridized carbons (Fsp3) is 0.0588. The number of fused-ring (bicyclic) bond motifs is 3. The van der Waals surface area contributed by atoms with Gasteiger partial charge in [-0.1, -0.05) is 29.8 Å². The maximum Gasteiger partial charge on any atom is 0.270 e. The van der Waals surface area contributed by atoms with Crippen molar-refractivity contribution in [3.05, 3.63) is 86.9 Å². The average molecular weight is 339 g/mol. The summed E-state index contributed by atoms with van der Waals surface area (Å²) in [5.74, 6) is 0.771. The molecule has 118 valence electrons. The van der Waals surface area contributed by atoms with Gasteiger partial charge in [0.15, 0.2) is 0 Å². The number of rotatable bonds is 2. The molecule has 0 unspecified atom stereocenters. The summed E-state index contributed by atoms with van der Waals surface area (Å²) in [6.45, 7) is 0.371. The number of nitro benzene ring substituents is 1. The highest BCUT2D eigenvalue weighted by molar-refractivity contribution is 6.35. The molecule has 4 rings (SSSR count). The minimum Gasteiger partial charge on any atom is -0.302 e. The number of benzene rings is 2. The number of halogens is 1. The van der Waals surface area contributed by atoms with Crippen molar-refractivity contribution in [2.45, 2.75) is 6.54 Å². The molecule has 0 aliphatic carbocycles. The Balaban J connectivity index is 2.01. The number of imidazole rings is 1. The lowest BCUT2D eigenvalue weighted by Gasteiger charge is -2.12. The van der Waals surface area contributed by atoms with Crippen molar-refractivity contribution >= 4 is 23.0 Å². The van der Waals surface area contributed by atoms with Crippen LogP contribution in [0.2, 0.25) is 5.02 Å². The van der Waals surface area contributed by atoms with E-state index in [1.165, 1.54) is 12.1 Å². The number of hydrogen-bond donors (Lipinski definition) is 0. The normalized spacial score (nSPS) is 12.8. The van der Waals surface area contributed by atoms with E-state index in [9.17, 15) is 10.1 Å². The van der Waals surface area contributed by atoms with Crippen LogP contribution in [-0.2, 0) is 6.54 Å². The molecule has 2 heterocycles. The van der Waals surface area contributed by atoms with Crippen molar-refractivity contribution in [3.8, 4) is 5.69 Å². The topological polar surface area (TPSA) is 73.3 Å². The van der Waals surface area contributed by atoms with E-state index in [0.717, 1.165) is 17.1 Å².